The van der Waals surface area contributed by atoms with Gasteiger partial charge in [0, 0.05) is 45.3 Å². The number of aromatic nitrogens is 1. The maximum atomic E-state index is 12.4. The van der Waals surface area contributed by atoms with Crippen LogP contribution < -0.4 is 5.32 Å². The summed E-state index contributed by atoms with van der Waals surface area (Å²) < 4.78 is 0. The molecule has 19 heavy (non-hydrogen) atoms. The first-order valence-corrected chi connectivity index (χ1v) is 7.72. The van der Waals surface area contributed by atoms with Gasteiger partial charge in [0.1, 0.15) is 4.88 Å². The molecule has 1 unspecified atom stereocenters. The number of amides is 1. The average molecular weight is 280 g/mol. The second kappa shape index (κ2) is 5.56. The van der Waals surface area contributed by atoms with Crippen LogP contribution in [0.15, 0.2) is 6.20 Å². The molecule has 0 aliphatic carbocycles. The van der Waals surface area contributed by atoms with Crippen molar-refractivity contribution >= 4 is 17.2 Å². The first kappa shape index (κ1) is 13.0. The molecule has 5 nitrogen and oxygen atoms in total. The van der Waals surface area contributed by atoms with Gasteiger partial charge in [-0.05, 0) is 13.3 Å². The molecule has 0 radical (unpaired) electrons. The van der Waals surface area contributed by atoms with Crippen LogP contribution in [-0.2, 0) is 0 Å². The highest BCUT2D eigenvalue weighted by atomic mass is 32.1. The Balaban J connectivity index is 1.60. The van der Waals surface area contributed by atoms with Crippen LogP contribution in [0.3, 0.4) is 0 Å². The van der Waals surface area contributed by atoms with Crippen LogP contribution in [0.25, 0.3) is 0 Å². The third kappa shape index (κ3) is 2.80. The largest absolute Gasteiger partial charge is 0.336 e. The van der Waals surface area contributed by atoms with E-state index in [0.717, 1.165) is 55.6 Å². The minimum absolute atomic E-state index is 0.156. The number of rotatable bonds is 2. The Morgan fingerprint density at radius 2 is 2.21 bits per heavy atom. The molecule has 1 atom stereocenters. The molecule has 1 N–H and O–H groups in total. The summed E-state index contributed by atoms with van der Waals surface area (Å²) in [4.78, 5) is 21.8. The second-order valence-electron chi connectivity index (χ2n) is 5.22. The molecule has 2 aliphatic heterocycles. The van der Waals surface area contributed by atoms with E-state index < -0.39 is 0 Å². The van der Waals surface area contributed by atoms with Gasteiger partial charge in [-0.3, -0.25) is 9.69 Å². The van der Waals surface area contributed by atoms with Gasteiger partial charge in [-0.1, -0.05) is 0 Å². The Kier molecular flexibility index (Phi) is 3.81. The van der Waals surface area contributed by atoms with E-state index in [4.69, 9.17) is 0 Å². The topological polar surface area (TPSA) is 48.5 Å². The van der Waals surface area contributed by atoms with Crippen molar-refractivity contribution < 1.29 is 4.79 Å². The van der Waals surface area contributed by atoms with Crippen molar-refractivity contribution in [3.63, 3.8) is 0 Å². The number of carbonyl (C=O) groups is 1. The molecule has 2 saturated heterocycles. The quantitative estimate of drug-likeness (QED) is 0.860. The number of hydrogen-bond donors (Lipinski definition) is 1. The number of nitrogens with one attached hydrogen (secondary N) is 1. The zero-order chi connectivity index (χ0) is 13.2. The molecule has 0 aromatic carbocycles. The van der Waals surface area contributed by atoms with E-state index in [-0.39, 0.29) is 5.91 Å². The van der Waals surface area contributed by atoms with Gasteiger partial charge in [0.25, 0.3) is 5.91 Å². The van der Waals surface area contributed by atoms with Gasteiger partial charge in [-0.15, -0.1) is 11.3 Å². The summed E-state index contributed by atoms with van der Waals surface area (Å²) in [5.74, 6) is 0.156. The number of piperazine rings is 1. The van der Waals surface area contributed by atoms with E-state index in [1.807, 2.05) is 11.8 Å². The zero-order valence-electron chi connectivity index (χ0n) is 11.3. The maximum Gasteiger partial charge on any atom is 0.265 e. The number of hydrogen-bond acceptors (Lipinski definition) is 5. The molecule has 1 amide bonds. The highest BCUT2D eigenvalue weighted by molar-refractivity contribution is 7.13. The Morgan fingerprint density at radius 1 is 1.42 bits per heavy atom. The Labute approximate surface area is 117 Å². The number of thiazole rings is 1. The van der Waals surface area contributed by atoms with Crippen LogP contribution in [0.4, 0.5) is 0 Å². The smallest absolute Gasteiger partial charge is 0.265 e. The van der Waals surface area contributed by atoms with Crippen LogP contribution in [0.5, 0.6) is 0 Å². The predicted octanol–water partition coefficient (Wildman–Crippen LogP) is 0.571. The third-order valence-electron chi connectivity index (χ3n) is 3.95. The van der Waals surface area contributed by atoms with Gasteiger partial charge >= 0.3 is 0 Å². The first-order valence-electron chi connectivity index (χ1n) is 6.90. The van der Waals surface area contributed by atoms with Crippen LogP contribution in [-0.4, -0.2) is 66.0 Å². The second-order valence-corrected chi connectivity index (χ2v) is 6.46. The van der Waals surface area contributed by atoms with Gasteiger partial charge in [0.15, 0.2) is 0 Å². The molecule has 3 heterocycles. The number of aryl methyl sites for hydroxylation is 1. The number of likely N-dealkylation sites (tertiary alicyclic amines) is 1. The molecule has 2 fully saturated rings. The molecule has 1 aromatic heterocycles. The van der Waals surface area contributed by atoms with Gasteiger partial charge < -0.3 is 10.2 Å². The third-order valence-corrected chi connectivity index (χ3v) is 4.85. The van der Waals surface area contributed by atoms with Crippen LogP contribution in [0, 0.1) is 6.92 Å². The minimum Gasteiger partial charge on any atom is -0.336 e. The summed E-state index contributed by atoms with van der Waals surface area (Å²) in [6.45, 7) is 8.03. The summed E-state index contributed by atoms with van der Waals surface area (Å²) in [5.41, 5.74) is 0. The molecular formula is C13H20N4OS. The lowest BCUT2D eigenvalue weighted by Crippen LogP contribution is -2.49. The van der Waals surface area contributed by atoms with Crippen molar-refractivity contribution in [2.75, 3.05) is 39.3 Å². The molecule has 0 saturated carbocycles. The molecule has 104 valence electrons. The number of nitrogens with zero attached hydrogens (tertiary/aromatic N) is 3. The summed E-state index contributed by atoms with van der Waals surface area (Å²) in [6.07, 6.45) is 2.81. The minimum atomic E-state index is 0.156. The van der Waals surface area contributed by atoms with E-state index >= 15 is 0 Å². The molecule has 2 aliphatic rings. The highest BCUT2D eigenvalue weighted by Crippen LogP contribution is 2.21. The normalized spacial score (nSPS) is 24.9. The molecule has 3 rings (SSSR count). The van der Waals surface area contributed by atoms with E-state index in [2.05, 4.69) is 15.2 Å². The van der Waals surface area contributed by atoms with Crippen molar-refractivity contribution in [3.8, 4) is 0 Å². The van der Waals surface area contributed by atoms with Crippen molar-refractivity contribution in [2.45, 2.75) is 19.4 Å². The van der Waals surface area contributed by atoms with Crippen LogP contribution in [0.1, 0.15) is 21.1 Å². The summed E-state index contributed by atoms with van der Waals surface area (Å²) in [6, 6.07) is 0.542. The summed E-state index contributed by atoms with van der Waals surface area (Å²) >= 11 is 1.49. The lowest BCUT2D eigenvalue weighted by molar-refractivity contribution is 0.0778. The molecule has 6 heteroatoms. The van der Waals surface area contributed by atoms with Crippen LogP contribution >= 0.6 is 11.3 Å². The van der Waals surface area contributed by atoms with E-state index in [1.165, 1.54) is 11.3 Å². The standard InChI is InChI=1S/C13H20N4OS/c1-10-15-8-12(19-10)13(18)17-5-2-11(9-17)16-6-3-14-4-7-16/h8,11,14H,2-7,9H2,1H3. The van der Waals surface area contributed by atoms with Crippen LogP contribution in [0.2, 0.25) is 0 Å². The van der Waals surface area contributed by atoms with Gasteiger partial charge in [0.05, 0.1) is 11.2 Å². The zero-order valence-corrected chi connectivity index (χ0v) is 12.1. The Morgan fingerprint density at radius 3 is 2.89 bits per heavy atom. The fraction of sp³-hybridized carbons (Fsp3) is 0.692. The lowest BCUT2D eigenvalue weighted by atomic mass is 10.2. The molecule has 1 aromatic rings. The number of carbonyl (C=O) groups excluding carboxylic acids is 1. The van der Waals surface area contributed by atoms with Gasteiger partial charge in [-0.2, -0.15) is 0 Å². The molecular weight excluding hydrogens is 260 g/mol. The van der Waals surface area contributed by atoms with E-state index in [9.17, 15) is 4.79 Å². The predicted molar refractivity (Wildman–Crippen MR) is 75.6 cm³/mol. The lowest BCUT2D eigenvalue weighted by Gasteiger charge is -2.32. The Bertz CT molecular complexity index is 455. The molecule has 0 spiro atoms. The SMILES string of the molecule is Cc1ncc(C(=O)N2CCC(N3CCNCC3)C2)s1. The van der Waals surface area contributed by atoms with Gasteiger partial charge in [0.2, 0.25) is 0 Å². The summed E-state index contributed by atoms with van der Waals surface area (Å²) in [5, 5.41) is 4.33. The fourth-order valence-corrected chi connectivity index (χ4v) is 3.63. The van der Waals surface area contributed by atoms with E-state index in [0.29, 0.717) is 6.04 Å². The fourth-order valence-electron chi connectivity index (χ4n) is 2.89. The van der Waals surface area contributed by atoms with E-state index in [1.54, 1.807) is 6.20 Å². The Hall–Kier alpha value is -0.980. The van der Waals surface area contributed by atoms with Crippen molar-refractivity contribution in [1.29, 1.82) is 0 Å². The van der Waals surface area contributed by atoms with Crippen molar-refractivity contribution in [1.82, 2.24) is 20.1 Å². The first-order chi connectivity index (χ1) is 9.24. The summed E-state index contributed by atoms with van der Waals surface area (Å²) in [7, 11) is 0. The average Bonchev–Trinajstić information content (AvgIpc) is 3.08. The monoisotopic (exact) mass is 280 g/mol. The van der Waals surface area contributed by atoms with Gasteiger partial charge in [-0.25, -0.2) is 4.98 Å². The highest BCUT2D eigenvalue weighted by Gasteiger charge is 2.31. The van der Waals surface area contributed by atoms with Crippen molar-refractivity contribution in [2.24, 2.45) is 0 Å². The maximum absolute atomic E-state index is 12.4. The van der Waals surface area contributed by atoms with Crippen molar-refractivity contribution in [3.05, 3.63) is 16.1 Å². The molecule has 0 bridgehead atoms.